The first-order valence-electron chi connectivity index (χ1n) is 5.76. The van der Waals surface area contributed by atoms with Crippen LogP contribution in [0.25, 0.3) is 11.5 Å². The fraction of sp³-hybridized carbons (Fsp3) is 0.417. The Morgan fingerprint density at radius 3 is 3.06 bits per heavy atom. The van der Waals surface area contributed by atoms with Gasteiger partial charge in [0.2, 0.25) is 5.82 Å². The highest BCUT2D eigenvalue weighted by Crippen LogP contribution is 2.28. The van der Waals surface area contributed by atoms with Crippen molar-refractivity contribution < 1.29 is 14.4 Å². The van der Waals surface area contributed by atoms with Gasteiger partial charge in [-0.3, -0.25) is 4.98 Å². The van der Waals surface area contributed by atoms with Gasteiger partial charge >= 0.3 is 0 Å². The molecule has 96 valence electrons. The van der Waals surface area contributed by atoms with Crippen molar-refractivity contribution in [2.45, 2.75) is 25.9 Å². The van der Waals surface area contributed by atoms with E-state index in [4.69, 9.17) is 9.26 Å². The van der Waals surface area contributed by atoms with Crippen LogP contribution < -0.4 is 4.74 Å². The van der Waals surface area contributed by atoms with Crippen LogP contribution in [0.2, 0.25) is 0 Å². The van der Waals surface area contributed by atoms with Gasteiger partial charge in [-0.05, 0) is 12.5 Å². The minimum atomic E-state index is -0.694. The second-order valence-corrected chi connectivity index (χ2v) is 3.84. The molecule has 2 heterocycles. The maximum Gasteiger partial charge on any atom is 0.261 e. The van der Waals surface area contributed by atoms with Crippen molar-refractivity contribution >= 4 is 0 Å². The van der Waals surface area contributed by atoms with E-state index in [0.717, 1.165) is 6.42 Å². The molecule has 0 fully saturated rings. The molecular formula is C12H15N3O3. The molecule has 1 unspecified atom stereocenters. The van der Waals surface area contributed by atoms with Gasteiger partial charge in [-0.15, -0.1) is 0 Å². The van der Waals surface area contributed by atoms with Gasteiger partial charge in [-0.1, -0.05) is 18.5 Å². The summed E-state index contributed by atoms with van der Waals surface area (Å²) in [5.41, 5.74) is 0.662. The summed E-state index contributed by atoms with van der Waals surface area (Å²) in [6, 6.07) is 1.72. The van der Waals surface area contributed by atoms with Crippen molar-refractivity contribution in [2.24, 2.45) is 0 Å². The SMILES string of the molecule is CCCC(O)c1noc(-c2ccncc2OC)n1. The summed E-state index contributed by atoms with van der Waals surface area (Å²) in [7, 11) is 1.55. The van der Waals surface area contributed by atoms with Gasteiger partial charge in [0, 0.05) is 6.20 Å². The van der Waals surface area contributed by atoms with E-state index >= 15 is 0 Å². The summed E-state index contributed by atoms with van der Waals surface area (Å²) in [5, 5.41) is 13.6. The third kappa shape index (κ3) is 2.48. The second kappa shape index (κ2) is 5.59. The summed E-state index contributed by atoms with van der Waals surface area (Å²) >= 11 is 0. The molecule has 2 aromatic heterocycles. The first kappa shape index (κ1) is 12.5. The molecule has 1 N–H and O–H groups in total. The molecule has 0 amide bonds. The van der Waals surface area contributed by atoms with Gasteiger partial charge in [0.25, 0.3) is 5.89 Å². The van der Waals surface area contributed by atoms with Crippen LogP contribution in [0, 0.1) is 0 Å². The number of hydrogen-bond acceptors (Lipinski definition) is 6. The number of rotatable bonds is 5. The lowest BCUT2D eigenvalue weighted by Crippen LogP contribution is -1.99. The molecule has 0 spiro atoms. The van der Waals surface area contributed by atoms with E-state index in [9.17, 15) is 5.11 Å². The summed E-state index contributed by atoms with van der Waals surface area (Å²) in [4.78, 5) is 8.12. The van der Waals surface area contributed by atoms with Crippen molar-refractivity contribution in [1.29, 1.82) is 0 Å². The van der Waals surface area contributed by atoms with Gasteiger partial charge in [0.1, 0.15) is 11.9 Å². The molecule has 0 radical (unpaired) electrons. The molecule has 6 heteroatoms. The number of nitrogens with zero attached hydrogens (tertiary/aromatic N) is 3. The highest BCUT2D eigenvalue weighted by molar-refractivity contribution is 5.61. The molecule has 2 rings (SSSR count). The number of aromatic nitrogens is 3. The van der Waals surface area contributed by atoms with Crippen LogP contribution in [-0.2, 0) is 0 Å². The molecule has 18 heavy (non-hydrogen) atoms. The third-order valence-corrected chi connectivity index (χ3v) is 2.54. The molecule has 0 aliphatic heterocycles. The predicted octanol–water partition coefficient (Wildman–Crippen LogP) is 1.97. The normalized spacial score (nSPS) is 12.4. The average Bonchev–Trinajstić information content (AvgIpc) is 2.88. The third-order valence-electron chi connectivity index (χ3n) is 2.54. The van der Waals surface area contributed by atoms with Crippen molar-refractivity contribution in [1.82, 2.24) is 15.1 Å². The zero-order chi connectivity index (χ0) is 13.0. The summed E-state index contributed by atoms with van der Waals surface area (Å²) < 4.78 is 10.3. The first-order chi connectivity index (χ1) is 8.76. The standard InChI is InChI=1S/C12H15N3O3/c1-3-4-9(16)11-14-12(18-15-11)8-5-6-13-7-10(8)17-2/h5-7,9,16H,3-4H2,1-2H3. The molecule has 0 aliphatic rings. The van der Waals surface area contributed by atoms with Gasteiger partial charge in [0.05, 0.1) is 18.9 Å². The van der Waals surface area contributed by atoms with Crippen molar-refractivity contribution in [2.75, 3.05) is 7.11 Å². The van der Waals surface area contributed by atoms with Crippen molar-refractivity contribution in [3.8, 4) is 17.2 Å². The Morgan fingerprint density at radius 1 is 1.50 bits per heavy atom. The Kier molecular flexibility index (Phi) is 3.88. The van der Waals surface area contributed by atoms with Crippen LogP contribution in [0.4, 0.5) is 0 Å². The molecule has 0 aliphatic carbocycles. The number of hydrogen-bond donors (Lipinski definition) is 1. The molecule has 1 atom stereocenters. The smallest absolute Gasteiger partial charge is 0.261 e. The monoisotopic (exact) mass is 249 g/mol. The van der Waals surface area contributed by atoms with Gasteiger partial charge in [-0.2, -0.15) is 4.98 Å². The molecule has 2 aromatic rings. The van der Waals surface area contributed by atoms with E-state index in [1.807, 2.05) is 6.92 Å². The van der Waals surface area contributed by atoms with Crippen molar-refractivity contribution in [3.63, 3.8) is 0 Å². The van der Waals surface area contributed by atoms with Gasteiger partial charge < -0.3 is 14.4 Å². The van der Waals surface area contributed by atoms with Crippen LogP contribution in [0.1, 0.15) is 31.7 Å². The summed E-state index contributed by atoms with van der Waals surface area (Å²) in [5.74, 6) is 1.17. The lowest BCUT2D eigenvalue weighted by atomic mass is 10.2. The number of ether oxygens (including phenoxy) is 1. The lowest BCUT2D eigenvalue weighted by Gasteiger charge is -2.03. The maximum absolute atomic E-state index is 9.78. The molecule has 0 bridgehead atoms. The Hall–Kier alpha value is -1.95. The minimum absolute atomic E-state index is 0.297. The maximum atomic E-state index is 9.78. The molecule has 0 saturated carbocycles. The van der Waals surface area contributed by atoms with E-state index in [1.54, 1.807) is 25.6 Å². The van der Waals surface area contributed by atoms with Crippen LogP contribution >= 0.6 is 0 Å². The Morgan fingerprint density at radius 2 is 2.33 bits per heavy atom. The number of pyridine rings is 1. The Labute approximate surface area is 105 Å². The number of aliphatic hydroxyl groups excluding tert-OH is 1. The number of methoxy groups -OCH3 is 1. The van der Waals surface area contributed by atoms with E-state index in [1.165, 1.54) is 0 Å². The van der Waals surface area contributed by atoms with E-state index in [-0.39, 0.29) is 0 Å². The average molecular weight is 249 g/mol. The Bertz CT molecular complexity index is 513. The fourth-order valence-electron chi connectivity index (χ4n) is 1.60. The highest BCUT2D eigenvalue weighted by atomic mass is 16.5. The van der Waals surface area contributed by atoms with Crippen LogP contribution in [0.15, 0.2) is 23.0 Å². The van der Waals surface area contributed by atoms with Crippen LogP contribution in [0.3, 0.4) is 0 Å². The fourth-order valence-corrected chi connectivity index (χ4v) is 1.60. The summed E-state index contributed by atoms with van der Waals surface area (Å²) in [6.45, 7) is 1.98. The molecule has 0 aromatic carbocycles. The van der Waals surface area contributed by atoms with Crippen LogP contribution in [-0.4, -0.2) is 27.3 Å². The first-order valence-corrected chi connectivity index (χ1v) is 5.76. The highest BCUT2D eigenvalue weighted by Gasteiger charge is 2.17. The zero-order valence-electron chi connectivity index (χ0n) is 10.3. The van der Waals surface area contributed by atoms with E-state index in [2.05, 4.69) is 15.1 Å². The lowest BCUT2D eigenvalue weighted by molar-refractivity contribution is 0.153. The second-order valence-electron chi connectivity index (χ2n) is 3.84. The van der Waals surface area contributed by atoms with Gasteiger partial charge in [-0.25, -0.2) is 0 Å². The predicted molar refractivity (Wildman–Crippen MR) is 63.9 cm³/mol. The molecular weight excluding hydrogens is 234 g/mol. The van der Waals surface area contributed by atoms with Gasteiger partial charge in [0.15, 0.2) is 0 Å². The summed E-state index contributed by atoms with van der Waals surface area (Å²) in [6.07, 6.45) is 3.95. The van der Waals surface area contributed by atoms with E-state index < -0.39 is 6.10 Å². The minimum Gasteiger partial charge on any atom is -0.494 e. The molecule has 0 saturated heterocycles. The van der Waals surface area contributed by atoms with E-state index in [0.29, 0.717) is 29.4 Å². The largest absolute Gasteiger partial charge is 0.494 e. The zero-order valence-corrected chi connectivity index (χ0v) is 10.3. The van der Waals surface area contributed by atoms with Crippen molar-refractivity contribution in [3.05, 3.63) is 24.3 Å². The Balaban J connectivity index is 2.29. The molecule has 6 nitrogen and oxygen atoms in total. The number of aliphatic hydroxyl groups is 1. The van der Waals surface area contributed by atoms with Crippen LogP contribution in [0.5, 0.6) is 5.75 Å². The topological polar surface area (TPSA) is 81.3 Å². The quantitative estimate of drug-likeness (QED) is 0.872.